The second-order valence-corrected chi connectivity index (χ2v) is 8.57. The predicted octanol–water partition coefficient (Wildman–Crippen LogP) is 6.26. The molecule has 1 aromatic heterocycles. The van der Waals surface area contributed by atoms with Gasteiger partial charge in [-0.05, 0) is 53.6 Å². The molecule has 2 heterocycles. The van der Waals surface area contributed by atoms with E-state index < -0.39 is 23.2 Å². The molecule has 1 unspecified atom stereocenters. The van der Waals surface area contributed by atoms with Crippen molar-refractivity contribution in [1.82, 2.24) is 0 Å². The predicted molar refractivity (Wildman–Crippen MR) is 135 cm³/mol. The van der Waals surface area contributed by atoms with E-state index in [2.05, 4.69) is 0 Å². The SMILES string of the molecule is O=C1c2oc3ccc(F)cc3c(=O)c2C(c2ccc(OCc3ccccc3)cc2)N1c1ccccc1. The number of nitrogens with zero attached hydrogens (tertiary/aromatic N) is 1. The molecule has 0 N–H and O–H groups in total. The zero-order chi connectivity index (χ0) is 24.6. The fourth-order valence-electron chi connectivity index (χ4n) is 4.60. The number of hydrogen-bond donors (Lipinski definition) is 0. The first-order chi connectivity index (χ1) is 17.6. The van der Waals surface area contributed by atoms with E-state index in [9.17, 15) is 14.0 Å². The maximum atomic E-state index is 14.0. The van der Waals surface area contributed by atoms with Crippen molar-refractivity contribution in [2.24, 2.45) is 0 Å². The fourth-order valence-corrected chi connectivity index (χ4v) is 4.60. The Morgan fingerprint density at radius 3 is 2.25 bits per heavy atom. The van der Waals surface area contributed by atoms with Crippen molar-refractivity contribution in [3.05, 3.63) is 142 Å². The number of benzene rings is 4. The molecular weight excluding hydrogens is 457 g/mol. The summed E-state index contributed by atoms with van der Waals surface area (Å²) < 4.78 is 25.8. The molecule has 176 valence electrons. The van der Waals surface area contributed by atoms with Crippen molar-refractivity contribution in [2.45, 2.75) is 12.6 Å². The summed E-state index contributed by atoms with van der Waals surface area (Å²) in [5.74, 6) is -0.340. The maximum absolute atomic E-state index is 14.0. The number of amides is 1. The van der Waals surface area contributed by atoms with Gasteiger partial charge in [-0.2, -0.15) is 0 Å². The van der Waals surface area contributed by atoms with E-state index in [0.29, 0.717) is 23.6 Å². The zero-order valence-electron chi connectivity index (χ0n) is 19.1. The maximum Gasteiger partial charge on any atom is 0.295 e. The number of carbonyl (C=O) groups is 1. The van der Waals surface area contributed by atoms with Gasteiger partial charge in [0.25, 0.3) is 5.91 Å². The lowest BCUT2D eigenvalue weighted by Gasteiger charge is -2.25. The van der Waals surface area contributed by atoms with Crippen molar-refractivity contribution in [3.63, 3.8) is 0 Å². The van der Waals surface area contributed by atoms with Crippen LogP contribution in [-0.2, 0) is 6.61 Å². The van der Waals surface area contributed by atoms with Gasteiger partial charge in [-0.3, -0.25) is 14.5 Å². The highest BCUT2D eigenvalue weighted by Crippen LogP contribution is 2.41. The van der Waals surface area contributed by atoms with Crippen molar-refractivity contribution < 1.29 is 18.3 Å². The van der Waals surface area contributed by atoms with E-state index in [-0.39, 0.29) is 22.3 Å². The summed E-state index contributed by atoms with van der Waals surface area (Å²) in [7, 11) is 0. The highest BCUT2D eigenvalue weighted by Gasteiger charge is 2.43. The van der Waals surface area contributed by atoms with Gasteiger partial charge in [0.15, 0.2) is 5.43 Å². The topological polar surface area (TPSA) is 59.8 Å². The number of halogens is 1. The minimum absolute atomic E-state index is 0.0302. The summed E-state index contributed by atoms with van der Waals surface area (Å²) in [6, 6.07) is 29.2. The molecule has 1 aliphatic heterocycles. The van der Waals surface area contributed by atoms with Gasteiger partial charge in [0.05, 0.1) is 17.0 Å². The minimum atomic E-state index is -0.734. The van der Waals surface area contributed by atoms with Crippen molar-refractivity contribution in [3.8, 4) is 5.75 Å². The Bertz CT molecular complexity index is 1630. The van der Waals surface area contributed by atoms with Crippen LogP contribution in [0.5, 0.6) is 5.75 Å². The number of anilines is 1. The van der Waals surface area contributed by atoms with E-state index in [1.807, 2.05) is 72.8 Å². The molecule has 0 spiro atoms. The van der Waals surface area contributed by atoms with Crippen LogP contribution in [0.1, 0.15) is 33.3 Å². The third-order valence-electron chi connectivity index (χ3n) is 6.31. The third kappa shape index (κ3) is 3.73. The van der Waals surface area contributed by atoms with Gasteiger partial charge in [0.2, 0.25) is 5.76 Å². The van der Waals surface area contributed by atoms with Crippen LogP contribution in [0, 0.1) is 5.82 Å². The van der Waals surface area contributed by atoms with E-state index in [1.165, 1.54) is 12.1 Å². The van der Waals surface area contributed by atoms with Crippen LogP contribution in [0.3, 0.4) is 0 Å². The molecule has 4 aromatic carbocycles. The first kappa shape index (κ1) is 21.8. The lowest BCUT2D eigenvalue weighted by molar-refractivity contribution is 0.0971. The molecule has 0 saturated carbocycles. The molecule has 0 bridgehead atoms. The van der Waals surface area contributed by atoms with Gasteiger partial charge in [0.1, 0.15) is 23.8 Å². The van der Waals surface area contributed by atoms with Crippen LogP contribution < -0.4 is 15.1 Å². The molecule has 5 nitrogen and oxygen atoms in total. The molecule has 0 radical (unpaired) electrons. The van der Waals surface area contributed by atoms with Crippen LogP contribution in [0.2, 0.25) is 0 Å². The average Bonchev–Trinajstić information content (AvgIpc) is 3.21. The Labute approximate surface area is 206 Å². The van der Waals surface area contributed by atoms with Crippen molar-refractivity contribution in [2.75, 3.05) is 4.90 Å². The van der Waals surface area contributed by atoms with E-state index in [4.69, 9.17) is 9.15 Å². The van der Waals surface area contributed by atoms with E-state index >= 15 is 0 Å². The Balaban J connectivity index is 1.44. The lowest BCUT2D eigenvalue weighted by atomic mass is 9.98. The normalized spacial score (nSPS) is 14.8. The molecule has 0 fully saturated rings. The number of fused-ring (bicyclic) bond motifs is 2. The van der Waals surface area contributed by atoms with Crippen LogP contribution in [-0.4, -0.2) is 5.91 Å². The number of ether oxygens (including phenoxy) is 1. The highest BCUT2D eigenvalue weighted by atomic mass is 19.1. The van der Waals surface area contributed by atoms with Crippen molar-refractivity contribution in [1.29, 1.82) is 0 Å². The summed E-state index contributed by atoms with van der Waals surface area (Å²) in [5, 5.41) is 0.101. The van der Waals surface area contributed by atoms with Gasteiger partial charge >= 0.3 is 0 Å². The average molecular weight is 477 g/mol. The molecule has 1 aliphatic rings. The van der Waals surface area contributed by atoms with Crippen LogP contribution >= 0.6 is 0 Å². The lowest BCUT2D eigenvalue weighted by Crippen LogP contribution is -2.29. The molecule has 6 rings (SSSR count). The van der Waals surface area contributed by atoms with Gasteiger partial charge in [-0.15, -0.1) is 0 Å². The van der Waals surface area contributed by atoms with Crippen LogP contribution in [0.15, 0.2) is 112 Å². The second kappa shape index (κ2) is 8.82. The summed E-state index contributed by atoms with van der Waals surface area (Å²) >= 11 is 0. The van der Waals surface area contributed by atoms with Gasteiger partial charge in [0, 0.05) is 5.69 Å². The molecule has 5 aromatic rings. The largest absolute Gasteiger partial charge is 0.489 e. The quantitative estimate of drug-likeness (QED) is 0.300. The van der Waals surface area contributed by atoms with Gasteiger partial charge in [-0.25, -0.2) is 4.39 Å². The Kier molecular flexibility index (Phi) is 5.34. The molecule has 0 aliphatic carbocycles. The summed E-state index contributed by atoms with van der Waals surface area (Å²) in [4.78, 5) is 28.7. The molecule has 36 heavy (non-hydrogen) atoms. The minimum Gasteiger partial charge on any atom is -0.489 e. The highest BCUT2D eigenvalue weighted by molar-refractivity contribution is 6.10. The third-order valence-corrected chi connectivity index (χ3v) is 6.31. The molecular formula is C30H20FNO4. The fraction of sp³-hybridized carbons (Fsp3) is 0.0667. The summed E-state index contributed by atoms with van der Waals surface area (Å²) in [5.41, 5.74) is 2.32. The molecule has 6 heteroatoms. The second-order valence-electron chi connectivity index (χ2n) is 8.57. The Hall–Kier alpha value is -4.71. The van der Waals surface area contributed by atoms with Gasteiger partial charge in [-0.1, -0.05) is 60.7 Å². The number of para-hydroxylation sites is 1. The Morgan fingerprint density at radius 2 is 1.53 bits per heavy atom. The Morgan fingerprint density at radius 1 is 0.833 bits per heavy atom. The number of rotatable bonds is 5. The molecule has 1 atom stereocenters. The first-order valence-electron chi connectivity index (χ1n) is 11.5. The first-order valence-corrected chi connectivity index (χ1v) is 11.5. The molecule has 0 saturated heterocycles. The number of hydrogen-bond acceptors (Lipinski definition) is 4. The van der Waals surface area contributed by atoms with Gasteiger partial charge < -0.3 is 9.15 Å². The summed E-state index contributed by atoms with van der Waals surface area (Å²) in [6.07, 6.45) is 0. The monoisotopic (exact) mass is 477 g/mol. The van der Waals surface area contributed by atoms with E-state index in [0.717, 1.165) is 11.6 Å². The zero-order valence-corrected chi connectivity index (χ0v) is 19.1. The number of carbonyl (C=O) groups excluding carboxylic acids is 1. The van der Waals surface area contributed by atoms with Crippen LogP contribution in [0.25, 0.3) is 11.0 Å². The standard InChI is InChI=1S/C30H20FNO4/c31-21-13-16-25-24(17-21)28(33)26-27(32(30(34)29(26)36-25)22-9-5-2-6-10-22)20-11-14-23(15-12-20)35-18-19-7-3-1-4-8-19/h1-17,27H,18H2. The summed E-state index contributed by atoms with van der Waals surface area (Å²) in [6.45, 7) is 0.419. The van der Waals surface area contributed by atoms with Crippen molar-refractivity contribution >= 4 is 22.6 Å². The molecule has 1 amide bonds. The van der Waals surface area contributed by atoms with Crippen LogP contribution in [0.4, 0.5) is 10.1 Å². The van der Waals surface area contributed by atoms with E-state index in [1.54, 1.807) is 17.0 Å². The smallest absolute Gasteiger partial charge is 0.295 e.